The van der Waals surface area contributed by atoms with Gasteiger partial charge in [0.2, 0.25) is 0 Å². The van der Waals surface area contributed by atoms with Gasteiger partial charge in [-0.3, -0.25) is 0 Å². The molecule has 0 saturated heterocycles. The molecule has 1 nitrogen and oxygen atoms in total. The Morgan fingerprint density at radius 2 is 1.33 bits per heavy atom. The summed E-state index contributed by atoms with van der Waals surface area (Å²) in [7, 11) is 1.68. The van der Waals surface area contributed by atoms with E-state index in [1.54, 1.807) is 7.11 Å². The van der Waals surface area contributed by atoms with Gasteiger partial charge in [-0.1, -0.05) is 55.5 Å². The second kappa shape index (κ2) is 6.06. The number of hydrogen-bond acceptors (Lipinski definition) is 1. The molecule has 0 aliphatic heterocycles. The predicted octanol–water partition coefficient (Wildman–Crippen LogP) is 4.43. The van der Waals surface area contributed by atoms with Gasteiger partial charge in [0.25, 0.3) is 0 Å². The predicted molar refractivity (Wildman–Crippen MR) is 77.7 cm³/mol. The highest BCUT2D eigenvalue weighted by atomic mass is 16.5. The summed E-state index contributed by atoms with van der Waals surface area (Å²) in [4.78, 5) is 0. The van der Waals surface area contributed by atoms with Crippen LogP contribution in [0.2, 0.25) is 0 Å². The molecular weight excluding hydrogens is 220 g/mol. The Kier molecular flexibility index (Phi) is 4.19. The molecule has 0 radical (unpaired) electrons. The van der Waals surface area contributed by atoms with Crippen LogP contribution in [0.3, 0.4) is 0 Å². The maximum atomic E-state index is 5.13. The molecule has 0 atom stereocenters. The molecule has 92 valence electrons. The molecule has 2 rings (SSSR count). The molecular formula is C17H18O. The monoisotopic (exact) mass is 238 g/mol. The summed E-state index contributed by atoms with van der Waals surface area (Å²) in [6.45, 7) is 2.17. The Bertz CT molecular complexity index is 457. The average molecular weight is 238 g/mol. The molecule has 0 saturated carbocycles. The minimum atomic E-state index is 0.888. The van der Waals surface area contributed by atoms with Gasteiger partial charge in [-0.05, 0) is 35.2 Å². The Hall–Kier alpha value is -2.02. The van der Waals surface area contributed by atoms with Crippen molar-refractivity contribution < 1.29 is 4.74 Å². The van der Waals surface area contributed by atoms with Gasteiger partial charge >= 0.3 is 0 Å². The van der Waals surface area contributed by atoms with Gasteiger partial charge in [-0.15, -0.1) is 0 Å². The Morgan fingerprint density at radius 1 is 0.833 bits per heavy atom. The molecule has 0 aliphatic rings. The van der Waals surface area contributed by atoms with Crippen molar-refractivity contribution in [1.29, 1.82) is 0 Å². The third-order valence-electron chi connectivity index (χ3n) is 2.97. The lowest BCUT2D eigenvalue weighted by molar-refractivity contribution is 0.415. The third-order valence-corrected chi connectivity index (χ3v) is 2.97. The van der Waals surface area contributed by atoms with Crippen LogP contribution in [-0.4, -0.2) is 7.11 Å². The van der Waals surface area contributed by atoms with E-state index in [9.17, 15) is 0 Å². The largest absolute Gasteiger partial charge is 0.497 e. The summed E-state index contributed by atoms with van der Waals surface area (Å²) in [5, 5.41) is 0. The number of ether oxygens (including phenoxy) is 1. The molecule has 2 aromatic rings. The average Bonchev–Trinajstić information content (AvgIpc) is 2.46. The van der Waals surface area contributed by atoms with Crippen molar-refractivity contribution in [1.82, 2.24) is 0 Å². The minimum Gasteiger partial charge on any atom is -0.497 e. The quantitative estimate of drug-likeness (QED) is 0.716. The van der Waals surface area contributed by atoms with Gasteiger partial charge < -0.3 is 4.74 Å². The standard InChI is InChI=1S/C17H18O/c1-3-14-4-6-15(7-5-14)8-9-16-10-12-17(18-2)13-11-16/h4-13H,3H2,1-2H3/b9-8+. The second-order valence-corrected chi connectivity index (χ2v) is 4.20. The van der Waals surface area contributed by atoms with E-state index in [4.69, 9.17) is 4.74 Å². The van der Waals surface area contributed by atoms with Crippen LogP contribution in [0.1, 0.15) is 23.6 Å². The van der Waals surface area contributed by atoms with Crippen LogP contribution in [0.15, 0.2) is 48.5 Å². The molecule has 0 spiro atoms. The molecule has 0 unspecified atom stereocenters. The van der Waals surface area contributed by atoms with Crippen LogP contribution in [0.25, 0.3) is 12.2 Å². The minimum absolute atomic E-state index is 0.888. The number of methoxy groups -OCH3 is 1. The normalized spacial score (nSPS) is 10.8. The fraction of sp³-hybridized carbons (Fsp3) is 0.176. The molecule has 0 aliphatic carbocycles. The Labute approximate surface area is 109 Å². The van der Waals surface area contributed by atoms with Crippen LogP contribution >= 0.6 is 0 Å². The van der Waals surface area contributed by atoms with Gasteiger partial charge in [-0.25, -0.2) is 0 Å². The van der Waals surface area contributed by atoms with Gasteiger partial charge in [0.15, 0.2) is 0 Å². The van der Waals surface area contributed by atoms with Gasteiger partial charge in [0.1, 0.15) is 5.75 Å². The SMILES string of the molecule is CCc1ccc(/C=C/c2ccc(OC)cc2)cc1. The smallest absolute Gasteiger partial charge is 0.118 e. The summed E-state index contributed by atoms with van der Waals surface area (Å²) in [5.74, 6) is 0.888. The molecule has 1 heteroatoms. The highest BCUT2D eigenvalue weighted by Crippen LogP contribution is 2.14. The van der Waals surface area contributed by atoms with E-state index in [0.717, 1.165) is 12.2 Å². The van der Waals surface area contributed by atoms with Crippen molar-refractivity contribution in [3.63, 3.8) is 0 Å². The van der Waals surface area contributed by atoms with Crippen LogP contribution in [0.4, 0.5) is 0 Å². The van der Waals surface area contributed by atoms with Gasteiger partial charge in [-0.2, -0.15) is 0 Å². The number of hydrogen-bond donors (Lipinski definition) is 0. The molecule has 0 fully saturated rings. The molecule has 0 N–H and O–H groups in total. The van der Waals surface area contributed by atoms with Crippen molar-refractivity contribution in [2.45, 2.75) is 13.3 Å². The molecule has 18 heavy (non-hydrogen) atoms. The zero-order chi connectivity index (χ0) is 12.8. The first-order valence-corrected chi connectivity index (χ1v) is 6.23. The van der Waals surface area contributed by atoms with Crippen molar-refractivity contribution in [3.05, 3.63) is 65.2 Å². The lowest BCUT2D eigenvalue weighted by Gasteiger charge is -2.00. The zero-order valence-corrected chi connectivity index (χ0v) is 10.9. The summed E-state index contributed by atoms with van der Waals surface area (Å²) in [6.07, 6.45) is 5.32. The van der Waals surface area contributed by atoms with Crippen molar-refractivity contribution in [2.24, 2.45) is 0 Å². The Morgan fingerprint density at radius 3 is 1.78 bits per heavy atom. The van der Waals surface area contributed by atoms with E-state index in [1.807, 2.05) is 12.1 Å². The first kappa shape index (κ1) is 12.4. The fourth-order valence-corrected chi connectivity index (χ4v) is 1.77. The van der Waals surface area contributed by atoms with Gasteiger partial charge in [0.05, 0.1) is 7.11 Å². The highest BCUT2D eigenvalue weighted by molar-refractivity contribution is 5.69. The molecule has 0 amide bonds. The van der Waals surface area contributed by atoms with E-state index in [1.165, 1.54) is 16.7 Å². The molecule has 0 heterocycles. The van der Waals surface area contributed by atoms with Crippen LogP contribution in [-0.2, 0) is 6.42 Å². The summed E-state index contributed by atoms with van der Waals surface area (Å²) in [6, 6.07) is 16.7. The summed E-state index contributed by atoms with van der Waals surface area (Å²) < 4.78 is 5.13. The van der Waals surface area contributed by atoms with E-state index in [-0.39, 0.29) is 0 Å². The van der Waals surface area contributed by atoms with Crippen LogP contribution in [0.5, 0.6) is 5.75 Å². The first-order chi connectivity index (χ1) is 8.81. The lowest BCUT2D eigenvalue weighted by Crippen LogP contribution is -1.81. The molecule has 0 bridgehead atoms. The topological polar surface area (TPSA) is 9.23 Å². The number of aryl methyl sites for hydroxylation is 1. The third kappa shape index (κ3) is 3.24. The van der Waals surface area contributed by atoms with Crippen molar-refractivity contribution in [2.75, 3.05) is 7.11 Å². The first-order valence-electron chi connectivity index (χ1n) is 6.23. The van der Waals surface area contributed by atoms with Crippen molar-refractivity contribution in [3.8, 4) is 5.75 Å². The zero-order valence-electron chi connectivity index (χ0n) is 10.9. The van der Waals surface area contributed by atoms with Crippen LogP contribution < -0.4 is 4.74 Å². The van der Waals surface area contributed by atoms with E-state index < -0.39 is 0 Å². The van der Waals surface area contributed by atoms with Crippen molar-refractivity contribution >= 4 is 12.2 Å². The fourth-order valence-electron chi connectivity index (χ4n) is 1.77. The maximum Gasteiger partial charge on any atom is 0.118 e. The highest BCUT2D eigenvalue weighted by Gasteiger charge is 1.91. The lowest BCUT2D eigenvalue weighted by atomic mass is 10.1. The summed E-state index contributed by atoms with van der Waals surface area (Å²) in [5.41, 5.74) is 3.77. The van der Waals surface area contributed by atoms with Gasteiger partial charge in [0, 0.05) is 0 Å². The van der Waals surface area contributed by atoms with E-state index >= 15 is 0 Å². The summed E-state index contributed by atoms with van der Waals surface area (Å²) >= 11 is 0. The number of rotatable bonds is 4. The Balaban J connectivity index is 2.08. The second-order valence-electron chi connectivity index (χ2n) is 4.20. The molecule has 2 aromatic carbocycles. The van der Waals surface area contributed by atoms with E-state index in [0.29, 0.717) is 0 Å². The van der Waals surface area contributed by atoms with Crippen LogP contribution in [0, 0.1) is 0 Å². The maximum absolute atomic E-state index is 5.13. The molecule has 0 aromatic heterocycles. The van der Waals surface area contributed by atoms with E-state index in [2.05, 4.69) is 55.5 Å². The number of benzene rings is 2.